The predicted octanol–water partition coefficient (Wildman–Crippen LogP) is 4.16. The van der Waals surface area contributed by atoms with Gasteiger partial charge in [0.15, 0.2) is 5.13 Å². The molecule has 2 aromatic heterocycles. The van der Waals surface area contributed by atoms with Crippen molar-refractivity contribution >= 4 is 34.1 Å². The summed E-state index contributed by atoms with van der Waals surface area (Å²) in [5.74, 6) is -0.00424. The van der Waals surface area contributed by atoms with Crippen LogP contribution in [-0.2, 0) is 19.9 Å². The number of ether oxygens (including phenoxy) is 2. The SMILES string of the molecule is C[C@@H]1CN(c2cccc(-c3csc(NC(=O)CNC(=O)c4cccc(C5(F)CCOCC5)c4)n3)n2)C[C@H](C)O1. The van der Waals surface area contributed by atoms with Crippen LogP contribution in [0.25, 0.3) is 11.4 Å². The molecule has 0 radical (unpaired) electrons. The Morgan fingerprint density at radius 3 is 2.59 bits per heavy atom. The number of aromatic nitrogens is 2. The Kier molecular flexibility index (Phi) is 8.20. The van der Waals surface area contributed by atoms with Crippen molar-refractivity contribution in [3.05, 3.63) is 59.0 Å². The molecule has 2 fully saturated rings. The minimum Gasteiger partial charge on any atom is -0.381 e. The number of halogens is 1. The van der Waals surface area contributed by atoms with Crippen LogP contribution in [0.3, 0.4) is 0 Å². The summed E-state index contributed by atoms with van der Waals surface area (Å²) in [6.07, 6.45) is 0.748. The molecule has 0 bridgehead atoms. The normalized spacial score (nSPS) is 20.8. The lowest BCUT2D eigenvalue weighted by molar-refractivity contribution is -0.115. The van der Waals surface area contributed by atoms with Crippen LogP contribution in [-0.4, -0.2) is 66.8 Å². The van der Waals surface area contributed by atoms with Gasteiger partial charge in [-0.15, -0.1) is 11.3 Å². The van der Waals surface area contributed by atoms with Crippen LogP contribution in [0.5, 0.6) is 0 Å². The Labute approximate surface area is 230 Å². The highest BCUT2D eigenvalue weighted by Crippen LogP contribution is 2.36. The van der Waals surface area contributed by atoms with Crippen molar-refractivity contribution in [2.45, 2.75) is 44.6 Å². The number of alkyl halides is 1. The summed E-state index contributed by atoms with van der Waals surface area (Å²) in [6.45, 7) is 6.08. The highest BCUT2D eigenvalue weighted by atomic mass is 32.1. The van der Waals surface area contributed by atoms with Gasteiger partial charge in [-0.05, 0) is 43.7 Å². The zero-order chi connectivity index (χ0) is 27.4. The van der Waals surface area contributed by atoms with Crippen LogP contribution in [0, 0.1) is 0 Å². The number of hydrogen-bond acceptors (Lipinski definition) is 8. The van der Waals surface area contributed by atoms with Crippen LogP contribution in [0.15, 0.2) is 47.8 Å². The second kappa shape index (κ2) is 11.8. The fraction of sp³-hybridized carbons (Fsp3) is 0.429. The number of hydrogen-bond donors (Lipinski definition) is 2. The Morgan fingerprint density at radius 2 is 1.82 bits per heavy atom. The van der Waals surface area contributed by atoms with E-state index in [0.29, 0.717) is 40.9 Å². The number of rotatable bonds is 7. The number of carbonyl (C=O) groups is 2. The van der Waals surface area contributed by atoms with E-state index in [-0.39, 0.29) is 31.6 Å². The zero-order valence-corrected chi connectivity index (χ0v) is 22.8. The van der Waals surface area contributed by atoms with Gasteiger partial charge in [0.05, 0.1) is 24.4 Å². The van der Waals surface area contributed by atoms with Crippen LogP contribution >= 0.6 is 11.3 Å². The maximum absolute atomic E-state index is 15.3. The highest BCUT2D eigenvalue weighted by molar-refractivity contribution is 7.14. The lowest BCUT2D eigenvalue weighted by atomic mass is 9.87. The minimum absolute atomic E-state index is 0.122. The number of thiazole rings is 1. The first kappa shape index (κ1) is 27.2. The molecule has 206 valence electrons. The van der Waals surface area contributed by atoms with Crippen molar-refractivity contribution in [2.75, 3.05) is 43.1 Å². The Hall–Kier alpha value is -3.41. The summed E-state index contributed by atoms with van der Waals surface area (Å²) in [4.78, 5) is 36.7. The molecule has 3 aromatic rings. The molecule has 5 rings (SSSR count). The van der Waals surface area contributed by atoms with Gasteiger partial charge in [-0.2, -0.15) is 0 Å². The number of nitrogens with one attached hydrogen (secondary N) is 2. The van der Waals surface area contributed by atoms with Gasteiger partial charge in [0.1, 0.15) is 17.2 Å². The molecule has 11 heteroatoms. The van der Waals surface area contributed by atoms with Gasteiger partial charge in [0, 0.05) is 50.1 Å². The first-order valence-electron chi connectivity index (χ1n) is 13.1. The van der Waals surface area contributed by atoms with Crippen LogP contribution in [0.2, 0.25) is 0 Å². The summed E-state index contributed by atoms with van der Waals surface area (Å²) in [6, 6.07) is 12.3. The molecule has 2 saturated heterocycles. The topological polar surface area (TPSA) is 106 Å². The van der Waals surface area contributed by atoms with Gasteiger partial charge in [-0.1, -0.05) is 18.2 Å². The molecule has 2 aliphatic heterocycles. The summed E-state index contributed by atoms with van der Waals surface area (Å²) < 4.78 is 26.4. The monoisotopic (exact) mass is 553 g/mol. The van der Waals surface area contributed by atoms with E-state index in [2.05, 4.69) is 20.5 Å². The fourth-order valence-electron chi connectivity index (χ4n) is 4.90. The molecular formula is C28H32FN5O4S. The molecule has 2 atom stereocenters. The molecule has 1 aromatic carbocycles. The van der Waals surface area contributed by atoms with Gasteiger partial charge in [-0.25, -0.2) is 14.4 Å². The molecule has 2 aliphatic rings. The lowest BCUT2D eigenvalue weighted by Gasteiger charge is -2.36. The molecule has 2 amide bonds. The standard InChI is InChI=1S/C28H32FN5O4S/c1-18-15-34(16-19(2)38-18)24-8-4-7-22(31-24)23-17-39-27(32-23)33-25(35)14-30-26(36)20-5-3-6-21(13-20)28(29)9-11-37-12-10-28/h3-8,13,17-19H,9-12,14-16H2,1-2H3,(H,30,36)(H,32,33,35)/t18-,19+. The van der Waals surface area contributed by atoms with Crippen molar-refractivity contribution in [1.82, 2.24) is 15.3 Å². The first-order chi connectivity index (χ1) is 18.8. The van der Waals surface area contributed by atoms with E-state index >= 15 is 4.39 Å². The second-order valence-electron chi connectivity index (χ2n) is 9.97. The van der Waals surface area contributed by atoms with Crippen LogP contribution in [0.1, 0.15) is 42.6 Å². The van der Waals surface area contributed by atoms with Crippen LogP contribution < -0.4 is 15.5 Å². The summed E-state index contributed by atoms with van der Waals surface area (Å²) in [5.41, 5.74) is 0.603. The molecule has 9 nitrogen and oxygen atoms in total. The van der Waals surface area contributed by atoms with E-state index in [9.17, 15) is 9.59 Å². The number of amides is 2. The average Bonchev–Trinajstić information content (AvgIpc) is 3.40. The smallest absolute Gasteiger partial charge is 0.251 e. The van der Waals surface area contributed by atoms with E-state index in [1.807, 2.05) is 37.4 Å². The van der Waals surface area contributed by atoms with E-state index in [1.165, 1.54) is 11.3 Å². The molecule has 0 spiro atoms. The Balaban J connectivity index is 1.17. The van der Waals surface area contributed by atoms with Crippen molar-refractivity contribution in [2.24, 2.45) is 0 Å². The van der Waals surface area contributed by atoms with Gasteiger partial charge in [0.2, 0.25) is 5.91 Å². The van der Waals surface area contributed by atoms with Gasteiger partial charge >= 0.3 is 0 Å². The fourth-order valence-corrected chi connectivity index (χ4v) is 5.63. The number of morpholine rings is 1. The lowest BCUT2D eigenvalue weighted by Crippen LogP contribution is -2.45. The van der Waals surface area contributed by atoms with E-state index in [0.717, 1.165) is 18.9 Å². The van der Waals surface area contributed by atoms with Gasteiger partial charge in [-0.3, -0.25) is 9.59 Å². The van der Waals surface area contributed by atoms with Crippen molar-refractivity contribution in [1.29, 1.82) is 0 Å². The summed E-state index contributed by atoms with van der Waals surface area (Å²) >= 11 is 1.28. The third-order valence-corrected chi connectivity index (χ3v) is 7.59. The predicted molar refractivity (Wildman–Crippen MR) is 148 cm³/mol. The largest absolute Gasteiger partial charge is 0.381 e. The zero-order valence-electron chi connectivity index (χ0n) is 22.0. The van der Waals surface area contributed by atoms with Crippen molar-refractivity contribution in [3.63, 3.8) is 0 Å². The molecule has 39 heavy (non-hydrogen) atoms. The quantitative estimate of drug-likeness (QED) is 0.453. The van der Waals surface area contributed by atoms with E-state index < -0.39 is 17.5 Å². The third kappa shape index (κ3) is 6.60. The molecule has 0 saturated carbocycles. The van der Waals surface area contributed by atoms with Crippen LogP contribution in [0.4, 0.5) is 15.3 Å². The number of carbonyl (C=O) groups excluding carboxylic acids is 2. The number of benzene rings is 1. The molecule has 0 aliphatic carbocycles. The average molecular weight is 554 g/mol. The van der Waals surface area contributed by atoms with Crippen molar-refractivity contribution in [3.8, 4) is 11.4 Å². The Morgan fingerprint density at radius 1 is 1.08 bits per heavy atom. The van der Waals surface area contributed by atoms with E-state index in [4.69, 9.17) is 14.5 Å². The molecular weight excluding hydrogens is 521 g/mol. The van der Waals surface area contributed by atoms with E-state index in [1.54, 1.807) is 24.3 Å². The molecule has 0 unspecified atom stereocenters. The molecule has 2 N–H and O–H groups in total. The summed E-state index contributed by atoms with van der Waals surface area (Å²) in [7, 11) is 0. The third-order valence-electron chi connectivity index (χ3n) is 6.83. The molecule has 4 heterocycles. The number of nitrogens with zero attached hydrogens (tertiary/aromatic N) is 3. The maximum atomic E-state index is 15.3. The minimum atomic E-state index is -1.51. The number of anilines is 2. The van der Waals surface area contributed by atoms with Crippen molar-refractivity contribution < 1.29 is 23.5 Å². The second-order valence-corrected chi connectivity index (χ2v) is 10.8. The summed E-state index contributed by atoms with van der Waals surface area (Å²) in [5, 5.41) is 7.57. The number of pyridine rings is 1. The Bertz CT molecular complexity index is 1320. The van der Waals surface area contributed by atoms with Gasteiger partial charge in [0.25, 0.3) is 5.91 Å². The maximum Gasteiger partial charge on any atom is 0.251 e. The van der Waals surface area contributed by atoms with Gasteiger partial charge < -0.3 is 25.0 Å². The highest BCUT2D eigenvalue weighted by Gasteiger charge is 2.34. The first-order valence-corrected chi connectivity index (χ1v) is 14.0.